The van der Waals surface area contributed by atoms with Crippen LogP contribution in [0.25, 0.3) is 0 Å². The average Bonchev–Trinajstić information content (AvgIpc) is 0.750. The van der Waals surface area contributed by atoms with E-state index in [4.69, 9.17) is 85.4 Å². The van der Waals surface area contributed by atoms with Crippen LogP contribution in [0.15, 0.2) is 243 Å². The SMILES string of the molecule is C[C@H](O)C(=O)O[C@H](C)C(=O)OCc1ccccc1.C[C@H](O[Si](c1ccccc1)(c1ccccc1)C(C)(C)C)C(=O)O[C@H](C)C(=O)O[C@H](C)C(=O)O.C[C@H](O[Si](c1ccccc1)(c1ccccc1)C(C)(C)C)C(=O)O[C@H](C)C(=O)O[C@H](C)C(=O)O[C@H](C)C(=O)O[C@H](C)C(=O)O.C[C@H](O[Si](c1ccccc1)(c1ccccc1)C(C)(C)C)C(=O)O[C@H](C)C(=O)O[C@H](C)C(=O)O[C@H](C)C(=O)O[C@H](C)C(=O)OCc1ccccc1. The van der Waals surface area contributed by atoms with Crippen molar-refractivity contribution in [2.24, 2.45) is 0 Å². The Bertz CT molecular complexity index is 5390. The van der Waals surface area contributed by atoms with Gasteiger partial charge in [-0.25, -0.2) is 71.9 Å². The molecule has 0 spiro atoms. The first kappa shape index (κ1) is 121. The van der Waals surface area contributed by atoms with Gasteiger partial charge in [-0.15, -0.1) is 0 Å². The summed E-state index contributed by atoms with van der Waals surface area (Å²) in [4.78, 5) is 183. The molecule has 8 aromatic carbocycles. The normalized spacial score (nSPS) is 14.6. The molecule has 0 bridgehead atoms. The largest absolute Gasteiger partial charge is 0.479 e. The maximum Gasteiger partial charge on any atom is 0.347 e. The van der Waals surface area contributed by atoms with E-state index >= 15 is 0 Å². The van der Waals surface area contributed by atoms with Crippen molar-refractivity contribution in [1.82, 2.24) is 0 Å². The monoisotopic (exact) mass is 2050 g/mol. The summed E-state index contributed by atoms with van der Waals surface area (Å²) in [5.74, 6) is -14.4. The molecular formula is C107H134O34Si3. The molecule has 144 heavy (non-hydrogen) atoms. The van der Waals surface area contributed by atoms with Crippen LogP contribution in [-0.4, -0.2) is 221 Å². The van der Waals surface area contributed by atoms with Crippen LogP contribution in [0.5, 0.6) is 0 Å². The number of carbonyl (C=O) groups excluding carboxylic acids is 13. The maximum absolute atomic E-state index is 13.3. The lowest BCUT2D eigenvalue weighted by Gasteiger charge is -2.44. The number of aliphatic hydroxyl groups is 1. The predicted molar refractivity (Wildman–Crippen MR) is 535 cm³/mol. The van der Waals surface area contributed by atoms with Crippen LogP contribution in [0.3, 0.4) is 0 Å². The highest BCUT2D eigenvalue weighted by Crippen LogP contribution is 2.41. The van der Waals surface area contributed by atoms with E-state index < -0.39 is 216 Å². The number of carboxylic acid groups (broad SMARTS) is 2. The van der Waals surface area contributed by atoms with Crippen molar-refractivity contribution in [2.75, 3.05) is 0 Å². The summed E-state index contributed by atoms with van der Waals surface area (Å²) in [6, 6.07) is 76.7. The number of aliphatic carboxylic acids is 2. The zero-order valence-corrected chi connectivity index (χ0v) is 88.7. The number of hydrogen-bond donors (Lipinski definition) is 3. The first-order valence-corrected chi connectivity index (χ1v) is 52.4. The molecule has 0 amide bonds. The third-order valence-electron chi connectivity index (χ3n) is 22.0. The van der Waals surface area contributed by atoms with Crippen molar-refractivity contribution in [3.05, 3.63) is 254 Å². The molecule has 0 aliphatic heterocycles. The van der Waals surface area contributed by atoms with Gasteiger partial charge in [-0.3, -0.25) is 0 Å². The maximum atomic E-state index is 13.3. The smallest absolute Gasteiger partial charge is 0.347 e. The Hall–Kier alpha value is -13.7. The zero-order valence-electron chi connectivity index (χ0n) is 85.7. The number of aliphatic hydroxyl groups excluding tert-OH is 1. The standard InChI is InChI=1S/C38H46O11Si.C31H40O11Si.C25H32O7Si.C13H16O5/c1-25(33(39)44-24-30-18-12-9-13-19-30)45-34(40)26(2)46-35(41)27(3)47-36(42)28(4)48-37(43)29(5)49-50(38(6,7)8,31-20-14-10-15-21-31)32-22-16-11-17-23-32;1-19(26(32)33)38-27(34)20(2)39-28(35)21(3)40-29(36)22(4)41-30(37)23(5)42-43(31(6,7)8,24-15-11-9-12-16-24)25-17-13-10-14-18-25;1-17(22(26)27)30-23(28)18(2)31-24(29)19(3)32-33(25(4,5)6,20-13-9-7-10-14-20)21-15-11-8-12-16-21;1-9(14)12(15)18-10(2)13(16)17-8-11-6-4-3-5-7-11/h9-23,25-29H,24H2,1-8H3;9-23H,1-8H3,(H,32,33);7-19H,1-6H3,(H,26,27);3-7,9-10,14H,8H2,1-2H3/t25-,26-,27-,28-,29+;19-,20-,21-,22-,23+;17-,18-,19+;9-,10+/m1110/s1. The molecule has 0 radical (unpaired) electrons. The second-order valence-corrected chi connectivity index (χ2v) is 49.4. The molecule has 8 aromatic rings. The van der Waals surface area contributed by atoms with Gasteiger partial charge in [0.15, 0.2) is 67.1 Å². The molecule has 34 nitrogen and oxygen atoms in total. The molecule has 37 heteroatoms. The van der Waals surface area contributed by atoms with Gasteiger partial charge < -0.3 is 90.2 Å². The zero-order chi connectivity index (χ0) is 108. The minimum Gasteiger partial charge on any atom is -0.479 e. The lowest BCUT2D eigenvalue weighted by atomic mass is 10.2. The summed E-state index contributed by atoms with van der Waals surface area (Å²) >= 11 is 0. The van der Waals surface area contributed by atoms with E-state index in [-0.39, 0.29) is 18.3 Å². The van der Waals surface area contributed by atoms with Crippen molar-refractivity contribution in [2.45, 2.75) is 286 Å². The summed E-state index contributed by atoms with van der Waals surface area (Å²) in [5, 5.41) is 31.4. The van der Waals surface area contributed by atoms with Crippen molar-refractivity contribution in [3.8, 4) is 0 Å². The van der Waals surface area contributed by atoms with Crippen LogP contribution >= 0.6 is 0 Å². The Morgan fingerprint density at radius 1 is 0.208 bits per heavy atom. The molecule has 0 aromatic heterocycles. The number of rotatable bonds is 42. The quantitative estimate of drug-likeness (QED) is 0.0182. The molecule has 778 valence electrons. The van der Waals surface area contributed by atoms with Crippen LogP contribution < -0.4 is 31.1 Å². The summed E-state index contributed by atoms with van der Waals surface area (Å²) in [6.07, 6.45) is -19.3. The molecule has 0 saturated heterocycles. The van der Waals surface area contributed by atoms with E-state index in [9.17, 15) is 71.9 Å². The number of esters is 13. The van der Waals surface area contributed by atoms with Crippen LogP contribution in [0.1, 0.15) is 177 Å². The fourth-order valence-electron chi connectivity index (χ4n) is 14.2. The molecular weight excluding hydrogens is 1910 g/mol. The van der Waals surface area contributed by atoms with E-state index in [1.54, 1.807) is 45.0 Å². The van der Waals surface area contributed by atoms with Gasteiger partial charge in [0.25, 0.3) is 25.0 Å². The van der Waals surface area contributed by atoms with E-state index in [1.807, 2.05) is 218 Å². The number of ether oxygens (including phenoxy) is 13. The van der Waals surface area contributed by atoms with E-state index in [2.05, 4.69) is 67.1 Å². The minimum absolute atomic E-state index is 0.00451. The lowest BCUT2D eigenvalue weighted by molar-refractivity contribution is -0.185. The lowest BCUT2D eigenvalue weighted by Crippen LogP contribution is -2.68. The Kier molecular flexibility index (Phi) is 47.3. The van der Waals surface area contributed by atoms with Crippen LogP contribution in [0.4, 0.5) is 0 Å². The Balaban J connectivity index is 0.000000355. The molecule has 0 aliphatic rings. The van der Waals surface area contributed by atoms with E-state index in [0.717, 1.165) is 49.2 Å². The summed E-state index contributed by atoms with van der Waals surface area (Å²) in [5.41, 5.74) is 1.60. The third-order valence-corrected chi connectivity index (χ3v) is 37.3. The first-order valence-electron chi connectivity index (χ1n) is 46.6. The first-order chi connectivity index (χ1) is 67.5. The number of carboxylic acids is 2. The van der Waals surface area contributed by atoms with E-state index in [1.165, 1.54) is 76.2 Å². The van der Waals surface area contributed by atoms with Gasteiger partial charge >= 0.3 is 89.5 Å². The van der Waals surface area contributed by atoms with Gasteiger partial charge in [0.05, 0.1) is 0 Å². The van der Waals surface area contributed by atoms with Crippen molar-refractivity contribution < 1.29 is 162 Å². The summed E-state index contributed by atoms with van der Waals surface area (Å²) in [6.45, 7) is 38.7. The van der Waals surface area contributed by atoms with Gasteiger partial charge in [-0.1, -0.05) is 305 Å². The van der Waals surface area contributed by atoms with Gasteiger partial charge in [0.2, 0.25) is 0 Å². The molecule has 0 heterocycles. The van der Waals surface area contributed by atoms with Gasteiger partial charge in [-0.05, 0) is 161 Å². The molecule has 8 rings (SSSR count). The Morgan fingerprint density at radius 3 is 0.500 bits per heavy atom. The van der Waals surface area contributed by atoms with Crippen molar-refractivity contribution in [1.29, 1.82) is 0 Å². The third kappa shape index (κ3) is 35.4. The fourth-order valence-corrected chi connectivity index (χ4v) is 28.1. The van der Waals surface area contributed by atoms with Gasteiger partial charge in [-0.2, -0.15) is 0 Å². The second kappa shape index (κ2) is 56.4. The highest BCUT2D eigenvalue weighted by atomic mass is 28.4. The Labute approximate surface area is 843 Å². The summed E-state index contributed by atoms with van der Waals surface area (Å²) < 4.78 is 85.8. The molecule has 0 aliphatic carbocycles. The topological polar surface area (TPSA) is 464 Å². The second-order valence-electron chi connectivity index (χ2n) is 36.7. The molecule has 3 N–H and O–H groups in total. The molecule has 0 unspecified atom stereocenters. The summed E-state index contributed by atoms with van der Waals surface area (Å²) in [7, 11) is -9.17. The van der Waals surface area contributed by atoms with Crippen molar-refractivity contribution >= 4 is 146 Å². The van der Waals surface area contributed by atoms with Crippen LogP contribution in [0, 0.1) is 0 Å². The molecule has 0 fully saturated rings. The molecule has 15 atom stereocenters. The fraction of sp³-hybridized carbons (Fsp3) is 0.411. The number of benzene rings is 8. The Morgan fingerprint density at radius 2 is 0.347 bits per heavy atom. The number of hydrogen-bond acceptors (Lipinski definition) is 32. The minimum atomic E-state index is -3.10. The highest BCUT2D eigenvalue weighted by Gasteiger charge is 2.55. The van der Waals surface area contributed by atoms with Crippen LogP contribution in [-0.2, 0) is 160 Å². The predicted octanol–water partition coefficient (Wildman–Crippen LogP) is 11.1. The van der Waals surface area contributed by atoms with Crippen molar-refractivity contribution in [3.63, 3.8) is 0 Å². The van der Waals surface area contributed by atoms with Gasteiger partial charge in [0.1, 0.15) is 37.6 Å². The molecule has 0 saturated carbocycles. The van der Waals surface area contributed by atoms with Gasteiger partial charge in [0, 0.05) is 0 Å². The highest BCUT2D eigenvalue weighted by molar-refractivity contribution is 7.01. The van der Waals surface area contributed by atoms with Crippen LogP contribution in [0.2, 0.25) is 15.1 Å². The average molecular weight is 2050 g/mol. The number of carbonyl (C=O) groups is 15. The van der Waals surface area contributed by atoms with E-state index in [0.29, 0.717) is 0 Å².